The van der Waals surface area contributed by atoms with Crippen molar-refractivity contribution in [3.05, 3.63) is 94.5 Å². The fraction of sp³-hybridized carbons (Fsp3) is 0.269. The summed E-state index contributed by atoms with van der Waals surface area (Å²) in [6.45, 7) is 2.77. The van der Waals surface area contributed by atoms with Gasteiger partial charge in [-0.3, -0.25) is 4.79 Å². The lowest BCUT2D eigenvalue weighted by Gasteiger charge is -2.38. The van der Waals surface area contributed by atoms with Gasteiger partial charge < -0.3 is 14.4 Å². The van der Waals surface area contributed by atoms with Crippen LogP contribution in [-0.2, 0) is 12.8 Å². The van der Waals surface area contributed by atoms with Crippen molar-refractivity contribution in [2.45, 2.75) is 25.8 Å². The minimum absolute atomic E-state index is 0.0481. The SMILES string of the molecule is CCc1ccc(C(=O)N2CCc3cc(OC)c(OC)cc3C2c2ccccc2)cc1. The number of aryl methyl sites for hydroxylation is 1. The summed E-state index contributed by atoms with van der Waals surface area (Å²) in [6, 6.07) is 22.0. The van der Waals surface area contributed by atoms with Gasteiger partial charge in [-0.15, -0.1) is 0 Å². The lowest BCUT2D eigenvalue weighted by Crippen LogP contribution is -2.40. The Labute approximate surface area is 178 Å². The standard InChI is InChI=1S/C26H27NO3/c1-4-18-10-12-20(13-11-18)26(28)27-15-14-21-16-23(29-2)24(30-3)17-22(21)25(27)19-8-6-5-7-9-19/h5-13,16-17,25H,4,14-15H2,1-3H3. The van der Waals surface area contributed by atoms with Gasteiger partial charge in [-0.05, 0) is 59.4 Å². The van der Waals surface area contributed by atoms with E-state index in [4.69, 9.17) is 9.47 Å². The maximum absolute atomic E-state index is 13.5. The molecule has 1 amide bonds. The highest BCUT2D eigenvalue weighted by molar-refractivity contribution is 5.95. The number of hydrogen-bond donors (Lipinski definition) is 0. The Bertz CT molecular complexity index is 1030. The van der Waals surface area contributed by atoms with E-state index in [0.717, 1.165) is 35.3 Å². The highest BCUT2D eigenvalue weighted by Crippen LogP contribution is 2.41. The van der Waals surface area contributed by atoms with Crippen molar-refractivity contribution in [1.82, 2.24) is 4.90 Å². The molecular weight excluding hydrogens is 374 g/mol. The van der Waals surface area contributed by atoms with Crippen LogP contribution in [0.15, 0.2) is 66.7 Å². The maximum atomic E-state index is 13.5. The van der Waals surface area contributed by atoms with Crippen LogP contribution in [0, 0.1) is 0 Å². The van der Waals surface area contributed by atoms with E-state index in [2.05, 4.69) is 19.1 Å². The van der Waals surface area contributed by atoms with Gasteiger partial charge in [-0.1, -0.05) is 49.4 Å². The zero-order valence-electron chi connectivity index (χ0n) is 17.7. The molecule has 1 aliphatic heterocycles. The summed E-state index contributed by atoms with van der Waals surface area (Å²) in [5, 5.41) is 0. The summed E-state index contributed by atoms with van der Waals surface area (Å²) in [5.41, 5.74) is 5.31. The molecule has 1 aliphatic rings. The average Bonchev–Trinajstić information content (AvgIpc) is 2.82. The normalized spacial score (nSPS) is 15.4. The number of benzene rings is 3. The van der Waals surface area contributed by atoms with Gasteiger partial charge in [0.05, 0.1) is 20.3 Å². The predicted molar refractivity (Wildman–Crippen MR) is 118 cm³/mol. The molecule has 3 aromatic carbocycles. The first-order chi connectivity index (χ1) is 14.7. The molecule has 0 radical (unpaired) electrons. The molecular formula is C26H27NO3. The summed E-state index contributed by atoms with van der Waals surface area (Å²) >= 11 is 0. The Kier molecular flexibility index (Phi) is 5.75. The Balaban J connectivity index is 1.80. The zero-order valence-corrected chi connectivity index (χ0v) is 17.7. The van der Waals surface area contributed by atoms with Crippen molar-refractivity contribution in [3.8, 4) is 11.5 Å². The fourth-order valence-electron chi connectivity index (χ4n) is 4.21. The van der Waals surface area contributed by atoms with Crippen molar-refractivity contribution in [2.75, 3.05) is 20.8 Å². The number of carbonyl (C=O) groups excluding carboxylic acids is 1. The van der Waals surface area contributed by atoms with Gasteiger partial charge in [0.2, 0.25) is 0 Å². The van der Waals surface area contributed by atoms with E-state index < -0.39 is 0 Å². The monoisotopic (exact) mass is 401 g/mol. The van der Waals surface area contributed by atoms with Crippen LogP contribution in [0.5, 0.6) is 11.5 Å². The molecule has 4 rings (SSSR count). The van der Waals surface area contributed by atoms with Gasteiger partial charge in [0.1, 0.15) is 0 Å². The van der Waals surface area contributed by atoms with E-state index >= 15 is 0 Å². The second kappa shape index (κ2) is 8.62. The third-order valence-electron chi connectivity index (χ3n) is 5.86. The third-order valence-corrected chi connectivity index (χ3v) is 5.86. The fourth-order valence-corrected chi connectivity index (χ4v) is 4.21. The number of methoxy groups -OCH3 is 2. The summed E-state index contributed by atoms with van der Waals surface area (Å²) in [4.78, 5) is 15.5. The van der Waals surface area contributed by atoms with Gasteiger partial charge in [0.25, 0.3) is 5.91 Å². The molecule has 1 atom stereocenters. The summed E-state index contributed by atoms with van der Waals surface area (Å²) < 4.78 is 11.1. The molecule has 0 aliphatic carbocycles. The molecule has 0 N–H and O–H groups in total. The molecule has 0 saturated heterocycles. The second-order valence-corrected chi connectivity index (χ2v) is 7.52. The first kappa shape index (κ1) is 20.0. The minimum Gasteiger partial charge on any atom is -0.493 e. The van der Waals surface area contributed by atoms with Crippen LogP contribution >= 0.6 is 0 Å². The molecule has 0 saturated carbocycles. The Morgan fingerprint density at radius 1 is 0.967 bits per heavy atom. The molecule has 0 aromatic heterocycles. The van der Waals surface area contributed by atoms with Crippen LogP contribution < -0.4 is 9.47 Å². The number of carbonyl (C=O) groups is 1. The van der Waals surface area contributed by atoms with Gasteiger partial charge in [0.15, 0.2) is 11.5 Å². The molecule has 1 heterocycles. The highest BCUT2D eigenvalue weighted by Gasteiger charge is 2.33. The van der Waals surface area contributed by atoms with Gasteiger partial charge >= 0.3 is 0 Å². The largest absolute Gasteiger partial charge is 0.493 e. The van der Waals surface area contributed by atoms with Crippen molar-refractivity contribution < 1.29 is 14.3 Å². The smallest absolute Gasteiger partial charge is 0.254 e. The van der Waals surface area contributed by atoms with Crippen molar-refractivity contribution in [2.24, 2.45) is 0 Å². The summed E-state index contributed by atoms with van der Waals surface area (Å²) in [6.07, 6.45) is 1.73. The van der Waals surface area contributed by atoms with Crippen LogP contribution in [0.4, 0.5) is 0 Å². The molecule has 1 unspecified atom stereocenters. The van der Waals surface area contributed by atoms with Gasteiger partial charge in [-0.2, -0.15) is 0 Å². The topological polar surface area (TPSA) is 38.8 Å². The molecule has 154 valence electrons. The third kappa shape index (κ3) is 3.65. The van der Waals surface area contributed by atoms with E-state index in [9.17, 15) is 4.79 Å². The van der Waals surface area contributed by atoms with E-state index in [1.165, 1.54) is 11.1 Å². The van der Waals surface area contributed by atoms with Crippen molar-refractivity contribution >= 4 is 5.91 Å². The Morgan fingerprint density at radius 3 is 2.27 bits per heavy atom. The first-order valence-electron chi connectivity index (χ1n) is 10.4. The van der Waals surface area contributed by atoms with E-state index in [1.807, 2.05) is 59.5 Å². The van der Waals surface area contributed by atoms with Crippen molar-refractivity contribution in [1.29, 1.82) is 0 Å². The van der Waals surface area contributed by atoms with Crippen LogP contribution in [0.1, 0.15) is 45.6 Å². The van der Waals surface area contributed by atoms with Crippen LogP contribution in [0.2, 0.25) is 0 Å². The second-order valence-electron chi connectivity index (χ2n) is 7.52. The first-order valence-corrected chi connectivity index (χ1v) is 10.4. The predicted octanol–water partition coefficient (Wildman–Crippen LogP) is 5.05. The quantitative estimate of drug-likeness (QED) is 0.600. The summed E-state index contributed by atoms with van der Waals surface area (Å²) in [5.74, 6) is 1.45. The molecule has 30 heavy (non-hydrogen) atoms. The number of nitrogens with zero attached hydrogens (tertiary/aromatic N) is 1. The van der Waals surface area contributed by atoms with Crippen LogP contribution in [0.25, 0.3) is 0 Å². The Morgan fingerprint density at radius 2 is 1.63 bits per heavy atom. The number of hydrogen-bond acceptors (Lipinski definition) is 3. The molecule has 3 aromatic rings. The average molecular weight is 402 g/mol. The van der Waals surface area contributed by atoms with E-state index in [1.54, 1.807) is 14.2 Å². The van der Waals surface area contributed by atoms with Crippen molar-refractivity contribution in [3.63, 3.8) is 0 Å². The molecule has 0 bridgehead atoms. The Hall–Kier alpha value is -3.27. The molecule has 4 nitrogen and oxygen atoms in total. The lowest BCUT2D eigenvalue weighted by molar-refractivity contribution is 0.0694. The maximum Gasteiger partial charge on any atom is 0.254 e. The van der Waals surface area contributed by atoms with Gasteiger partial charge in [-0.25, -0.2) is 0 Å². The van der Waals surface area contributed by atoms with Crippen LogP contribution in [-0.4, -0.2) is 31.6 Å². The molecule has 0 fully saturated rings. The van der Waals surface area contributed by atoms with E-state index in [-0.39, 0.29) is 11.9 Å². The van der Waals surface area contributed by atoms with Crippen LogP contribution in [0.3, 0.4) is 0 Å². The number of rotatable bonds is 5. The van der Waals surface area contributed by atoms with E-state index in [0.29, 0.717) is 12.3 Å². The number of amides is 1. The molecule has 0 spiro atoms. The lowest BCUT2D eigenvalue weighted by atomic mass is 9.87. The number of ether oxygens (including phenoxy) is 2. The summed E-state index contributed by atoms with van der Waals surface area (Å²) in [7, 11) is 3.29. The highest BCUT2D eigenvalue weighted by atomic mass is 16.5. The van der Waals surface area contributed by atoms with Gasteiger partial charge in [0, 0.05) is 12.1 Å². The zero-order chi connectivity index (χ0) is 21.1. The number of fused-ring (bicyclic) bond motifs is 1. The minimum atomic E-state index is -0.173. The molecule has 4 heteroatoms.